The van der Waals surface area contributed by atoms with E-state index in [0.717, 1.165) is 9.99 Å². The van der Waals surface area contributed by atoms with Gasteiger partial charge < -0.3 is 5.32 Å². The number of benzene rings is 1. The monoisotopic (exact) mass is 304 g/mol. The normalized spacial score (nSPS) is 27.8. The third-order valence-corrected chi connectivity index (χ3v) is 4.60. The molecule has 2 aromatic rings. The van der Waals surface area contributed by atoms with Crippen molar-refractivity contribution in [1.29, 1.82) is 0 Å². The Balaban J connectivity index is 2.15. The third-order valence-electron chi connectivity index (χ3n) is 3.91. The van der Waals surface area contributed by atoms with Gasteiger partial charge in [-0.25, -0.2) is 0 Å². The van der Waals surface area contributed by atoms with Crippen LogP contribution < -0.4 is 5.32 Å². The Labute approximate surface area is 116 Å². The van der Waals surface area contributed by atoms with Crippen LogP contribution in [0.15, 0.2) is 34.9 Å². The van der Waals surface area contributed by atoms with E-state index in [0.29, 0.717) is 18.0 Å². The minimum Gasteiger partial charge on any atom is -0.311 e. The molecule has 1 aliphatic rings. The zero-order chi connectivity index (χ0) is 12.7. The highest BCUT2D eigenvalue weighted by Gasteiger charge is 2.30. The van der Waals surface area contributed by atoms with Crippen molar-refractivity contribution in [2.75, 3.05) is 0 Å². The summed E-state index contributed by atoms with van der Waals surface area (Å²) in [6.45, 7) is 4.52. The fraction of sp³-hybridized carbons (Fsp3) is 0.400. The first-order valence-corrected chi connectivity index (χ1v) is 7.25. The molecule has 94 valence electrons. The van der Waals surface area contributed by atoms with Gasteiger partial charge in [0.15, 0.2) is 0 Å². The van der Waals surface area contributed by atoms with E-state index in [1.54, 1.807) is 0 Å². The third kappa shape index (κ3) is 1.95. The Morgan fingerprint density at radius 1 is 1.28 bits per heavy atom. The van der Waals surface area contributed by atoms with Crippen molar-refractivity contribution in [2.24, 2.45) is 0 Å². The molecule has 0 bridgehead atoms. The summed E-state index contributed by atoms with van der Waals surface area (Å²) in [4.78, 5) is 4.59. The van der Waals surface area contributed by atoms with Crippen molar-refractivity contribution >= 4 is 26.8 Å². The molecule has 1 fully saturated rings. The van der Waals surface area contributed by atoms with Gasteiger partial charge in [0.1, 0.15) is 0 Å². The number of rotatable bonds is 1. The number of nitrogens with zero attached hydrogens (tertiary/aromatic N) is 1. The summed E-state index contributed by atoms with van der Waals surface area (Å²) >= 11 is 3.61. The van der Waals surface area contributed by atoms with E-state index in [9.17, 15) is 0 Å². The average Bonchev–Trinajstić information content (AvgIpc) is 2.69. The van der Waals surface area contributed by atoms with E-state index in [1.807, 2.05) is 12.3 Å². The molecule has 3 unspecified atom stereocenters. The molecule has 0 radical (unpaired) electrons. The molecule has 18 heavy (non-hydrogen) atoms. The molecule has 1 aromatic heterocycles. The first-order chi connectivity index (χ1) is 8.66. The molecule has 0 amide bonds. The summed E-state index contributed by atoms with van der Waals surface area (Å²) in [5.74, 6) is 0.561. The molecule has 1 saturated heterocycles. The SMILES string of the molecule is CC1CC(c2ccc(Br)c3cccnc23)C(C)N1. The number of pyridine rings is 1. The number of hydrogen-bond acceptors (Lipinski definition) is 2. The zero-order valence-corrected chi connectivity index (χ0v) is 12.2. The number of nitrogens with one attached hydrogen (secondary N) is 1. The van der Waals surface area contributed by atoms with Gasteiger partial charge in [0.2, 0.25) is 0 Å². The van der Waals surface area contributed by atoms with Gasteiger partial charge in [-0.05, 0) is 38.0 Å². The lowest BCUT2D eigenvalue weighted by atomic mass is 9.90. The molecule has 1 N–H and O–H groups in total. The fourth-order valence-corrected chi connectivity index (χ4v) is 3.53. The van der Waals surface area contributed by atoms with Crippen LogP contribution in [0.1, 0.15) is 31.7 Å². The van der Waals surface area contributed by atoms with E-state index in [1.165, 1.54) is 17.4 Å². The summed E-state index contributed by atoms with van der Waals surface area (Å²) in [7, 11) is 0. The topological polar surface area (TPSA) is 24.9 Å². The van der Waals surface area contributed by atoms with Gasteiger partial charge in [-0.2, -0.15) is 0 Å². The number of halogens is 1. The second-order valence-electron chi connectivity index (χ2n) is 5.23. The first-order valence-electron chi connectivity index (χ1n) is 6.46. The second kappa shape index (κ2) is 4.63. The van der Waals surface area contributed by atoms with Crippen molar-refractivity contribution in [2.45, 2.75) is 38.3 Å². The molecule has 3 rings (SSSR count). The molecule has 2 nitrogen and oxygen atoms in total. The molecule has 0 spiro atoms. The summed E-state index contributed by atoms with van der Waals surface area (Å²) in [5.41, 5.74) is 2.51. The fourth-order valence-electron chi connectivity index (χ4n) is 3.07. The highest BCUT2D eigenvalue weighted by molar-refractivity contribution is 9.10. The van der Waals surface area contributed by atoms with Crippen molar-refractivity contribution in [1.82, 2.24) is 10.3 Å². The zero-order valence-electron chi connectivity index (χ0n) is 10.7. The average molecular weight is 305 g/mol. The maximum Gasteiger partial charge on any atom is 0.0748 e. The molecule has 2 heterocycles. The van der Waals surface area contributed by atoms with Crippen LogP contribution in [-0.2, 0) is 0 Å². The minimum absolute atomic E-state index is 0.520. The van der Waals surface area contributed by atoms with Gasteiger partial charge in [-0.1, -0.05) is 28.1 Å². The molecule has 1 aliphatic heterocycles. The highest BCUT2D eigenvalue weighted by atomic mass is 79.9. The quantitative estimate of drug-likeness (QED) is 0.865. The largest absolute Gasteiger partial charge is 0.311 e. The van der Waals surface area contributed by atoms with Crippen LogP contribution in [0.5, 0.6) is 0 Å². The number of hydrogen-bond donors (Lipinski definition) is 1. The van der Waals surface area contributed by atoms with E-state index < -0.39 is 0 Å². The Morgan fingerprint density at radius 2 is 2.11 bits per heavy atom. The van der Waals surface area contributed by atoms with Crippen LogP contribution >= 0.6 is 15.9 Å². The van der Waals surface area contributed by atoms with Crippen LogP contribution in [-0.4, -0.2) is 17.1 Å². The Bertz CT molecular complexity index is 582. The maximum atomic E-state index is 4.59. The summed E-state index contributed by atoms with van der Waals surface area (Å²) in [6.07, 6.45) is 3.07. The lowest BCUT2D eigenvalue weighted by Gasteiger charge is -2.17. The van der Waals surface area contributed by atoms with Gasteiger partial charge in [-0.15, -0.1) is 0 Å². The predicted molar refractivity (Wildman–Crippen MR) is 78.9 cm³/mol. The van der Waals surface area contributed by atoms with Crippen molar-refractivity contribution < 1.29 is 0 Å². The van der Waals surface area contributed by atoms with Crippen LogP contribution in [0.2, 0.25) is 0 Å². The standard InChI is InChI=1S/C15H17BrN2/c1-9-8-13(10(2)18-9)11-5-6-14(16)12-4-3-7-17-15(11)12/h3-7,9-10,13,18H,8H2,1-2H3. The van der Waals surface area contributed by atoms with Crippen molar-refractivity contribution in [3.8, 4) is 0 Å². The van der Waals surface area contributed by atoms with E-state index in [2.05, 4.69) is 58.3 Å². The van der Waals surface area contributed by atoms with Crippen LogP contribution in [0.25, 0.3) is 10.9 Å². The summed E-state index contributed by atoms with van der Waals surface area (Å²) in [5, 5.41) is 4.82. The minimum atomic E-state index is 0.520. The molecular formula is C15H17BrN2. The van der Waals surface area contributed by atoms with Crippen LogP contribution in [0, 0.1) is 0 Å². The second-order valence-corrected chi connectivity index (χ2v) is 6.09. The Morgan fingerprint density at radius 3 is 2.83 bits per heavy atom. The molecular weight excluding hydrogens is 288 g/mol. The Kier molecular flexibility index (Phi) is 3.12. The van der Waals surface area contributed by atoms with Gasteiger partial charge in [0.05, 0.1) is 5.52 Å². The van der Waals surface area contributed by atoms with Crippen LogP contribution in [0.3, 0.4) is 0 Å². The van der Waals surface area contributed by atoms with Crippen molar-refractivity contribution in [3.05, 3.63) is 40.5 Å². The molecule has 3 atom stereocenters. The smallest absolute Gasteiger partial charge is 0.0748 e. The molecule has 1 aromatic carbocycles. The van der Waals surface area contributed by atoms with E-state index in [-0.39, 0.29) is 0 Å². The molecule has 0 aliphatic carbocycles. The Hall–Kier alpha value is -0.930. The van der Waals surface area contributed by atoms with Gasteiger partial charge in [0.25, 0.3) is 0 Å². The lowest BCUT2D eigenvalue weighted by molar-refractivity contribution is 0.576. The number of aromatic nitrogens is 1. The highest BCUT2D eigenvalue weighted by Crippen LogP contribution is 2.36. The lowest BCUT2D eigenvalue weighted by Crippen LogP contribution is -2.26. The van der Waals surface area contributed by atoms with Gasteiger partial charge in [0, 0.05) is 34.1 Å². The number of fused-ring (bicyclic) bond motifs is 1. The van der Waals surface area contributed by atoms with Crippen molar-refractivity contribution in [3.63, 3.8) is 0 Å². The van der Waals surface area contributed by atoms with Gasteiger partial charge in [-0.3, -0.25) is 4.98 Å². The van der Waals surface area contributed by atoms with E-state index >= 15 is 0 Å². The predicted octanol–water partition coefficient (Wildman–Crippen LogP) is 3.85. The van der Waals surface area contributed by atoms with Crippen LogP contribution in [0.4, 0.5) is 0 Å². The van der Waals surface area contributed by atoms with Gasteiger partial charge >= 0.3 is 0 Å². The van der Waals surface area contributed by atoms with E-state index in [4.69, 9.17) is 0 Å². The first kappa shape index (κ1) is 12.1. The summed E-state index contributed by atoms with van der Waals surface area (Å²) in [6, 6.07) is 9.61. The molecule has 0 saturated carbocycles. The molecule has 3 heteroatoms. The maximum absolute atomic E-state index is 4.59. The summed E-state index contributed by atoms with van der Waals surface area (Å²) < 4.78 is 1.13.